The Bertz CT molecular complexity index is 259. The van der Waals surface area contributed by atoms with Crippen molar-refractivity contribution in [2.24, 2.45) is 5.92 Å². The first-order valence-corrected chi connectivity index (χ1v) is 8.50. The zero-order valence-electron chi connectivity index (χ0n) is 12.2. The normalized spacial score (nSPS) is 38.2. The number of nitrogens with one attached hydrogen (secondary N) is 2. The van der Waals surface area contributed by atoms with Gasteiger partial charge in [0.05, 0.1) is 0 Å². The molecule has 3 fully saturated rings. The molecule has 3 atom stereocenters. The van der Waals surface area contributed by atoms with Gasteiger partial charge in [-0.25, -0.2) is 0 Å². The fraction of sp³-hybridized carbons (Fsp3) is 1.00. The van der Waals surface area contributed by atoms with E-state index in [-0.39, 0.29) is 0 Å². The van der Waals surface area contributed by atoms with E-state index in [0.29, 0.717) is 6.04 Å². The molecule has 0 aromatic carbocycles. The van der Waals surface area contributed by atoms with Crippen molar-refractivity contribution < 1.29 is 4.74 Å². The number of hydrogen-bond donors (Lipinski definition) is 2. The second-order valence-corrected chi connectivity index (χ2v) is 6.66. The van der Waals surface area contributed by atoms with Crippen molar-refractivity contribution >= 4 is 0 Å². The maximum absolute atomic E-state index is 5.48. The van der Waals surface area contributed by atoms with Crippen molar-refractivity contribution in [2.45, 2.75) is 75.9 Å². The third-order valence-corrected chi connectivity index (χ3v) is 5.36. The molecule has 0 amide bonds. The highest BCUT2D eigenvalue weighted by Gasteiger charge is 2.33. The van der Waals surface area contributed by atoms with Crippen LogP contribution < -0.4 is 10.6 Å². The third-order valence-electron chi connectivity index (χ3n) is 5.36. The van der Waals surface area contributed by atoms with E-state index in [2.05, 4.69) is 10.6 Å². The molecule has 1 aliphatic carbocycles. The summed E-state index contributed by atoms with van der Waals surface area (Å²) in [7, 11) is 0. The predicted octanol–water partition coefficient (Wildman–Crippen LogP) is 2.46. The van der Waals surface area contributed by atoms with Crippen LogP contribution in [-0.4, -0.2) is 37.9 Å². The number of ether oxygens (including phenoxy) is 1. The Morgan fingerprint density at radius 3 is 2.42 bits per heavy atom. The van der Waals surface area contributed by atoms with Crippen molar-refractivity contribution in [3.8, 4) is 0 Å². The minimum atomic E-state index is 0.711. The Hall–Kier alpha value is -0.120. The smallest absolute Gasteiger partial charge is 0.0480 e. The van der Waals surface area contributed by atoms with Crippen LogP contribution in [0.1, 0.15) is 57.8 Å². The molecule has 0 aromatic heterocycles. The van der Waals surface area contributed by atoms with Gasteiger partial charge in [-0.15, -0.1) is 0 Å². The van der Waals surface area contributed by atoms with Crippen LogP contribution in [0.25, 0.3) is 0 Å². The van der Waals surface area contributed by atoms with E-state index in [1.165, 1.54) is 64.3 Å². The predicted molar refractivity (Wildman–Crippen MR) is 78.4 cm³/mol. The molecule has 0 aromatic rings. The lowest BCUT2D eigenvalue weighted by Crippen LogP contribution is -2.53. The summed E-state index contributed by atoms with van der Waals surface area (Å²) in [5.74, 6) is 0.872. The molecule has 1 saturated carbocycles. The van der Waals surface area contributed by atoms with Crippen LogP contribution in [0.3, 0.4) is 0 Å². The summed E-state index contributed by atoms with van der Waals surface area (Å²) in [5, 5.41) is 7.78. The van der Waals surface area contributed by atoms with E-state index >= 15 is 0 Å². The summed E-state index contributed by atoms with van der Waals surface area (Å²) < 4.78 is 5.48. The van der Waals surface area contributed by atoms with Gasteiger partial charge < -0.3 is 15.4 Å². The summed E-state index contributed by atoms with van der Waals surface area (Å²) >= 11 is 0. The Labute approximate surface area is 117 Å². The summed E-state index contributed by atoms with van der Waals surface area (Å²) in [6.45, 7) is 3.15. The largest absolute Gasteiger partial charge is 0.381 e. The monoisotopic (exact) mass is 266 g/mol. The summed E-state index contributed by atoms with van der Waals surface area (Å²) in [6.07, 6.45) is 12.3. The first-order chi connectivity index (χ1) is 9.43. The van der Waals surface area contributed by atoms with Gasteiger partial charge in [0, 0.05) is 31.3 Å². The van der Waals surface area contributed by atoms with E-state index in [1.807, 2.05) is 0 Å². The SMILES string of the molecule is C1CCC(C2CCCCC2NC2CCOCC2)NC1. The van der Waals surface area contributed by atoms with Crippen LogP contribution in [0, 0.1) is 5.92 Å². The van der Waals surface area contributed by atoms with E-state index in [9.17, 15) is 0 Å². The summed E-state index contributed by atoms with van der Waals surface area (Å²) in [6, 6.07) is 2.25. The van der Waals surface area contributed by atoms with Gasteiger partial charge in [-0.3, -0.25) is 0 Å². The van der Waals surface area contributed by atoms with Crippen molar-refractivity contribution in [3.05, 3.63) is 0 Å². The quantitative estimate of drug-likeness (QED) is 0.823. The molecule has 2 heterocycles. The van der Waals surface area contributed by atoms with Gasteiger partial charge in [0.25, 0.3) is 0 Å². The molecule has 2 aliphatic heterocycles. The standard InChI is InChI=1S/C16H30N2O/c1-2-7-16(18-13-8-11-19-12-9-13)14(5-1)15-6-3-4-10-17-15/h13-18H,1-12H2. The molecule has 3 nitrogen and oxygen atoms in total. The van der Waals surface area contributed by atoms with Crippen molar-refractivity contribution in [1.29, 1.82) is 0 Å². The van der Waals surface area contributed by atoms with E-state index in [0.717, 1.165) is 31.2 Å². The minimum Gasteiger partial charge on any atom is -0.381 e. The average molecular weight is 266 g/mol. The van der Waals surface area contributed by atoms with Crippen LogP contribution in [-0.2, 0) is 4.74 Å². The van der Waals surface area contributed by atoms with Gasteiger partial charge in [-0.05, 0) is 51.0 Å². The molecule has 3 aliphatic rings. The van der Waals surface area contributed by atoms with Crippen LogP contribution in [0.15, 0.2) is 0 Å². The zero-order chi connectivity index (χ0) is 12.9. The van der Waals surface area contributed by atoms with Crippen LogP contribution in [0.5, 0.6) is 0 Å². The second-order valence-electron chi connectivity index (χ2n) is 6.66. The van der Waals surface area contributed by atoms with Gasteiger partial charge in [0.15, 0.2) is 0 Å². The van der Waals surface area contributed by atoms with Crippen LogP contribution in [0.4, 0.5) is 0 Å². The molecular formula is C16H30N2O. The highest BCUT2D eigenvalue weighted by atomic mass is 16.5. The molecule has 110 valence electrons. The highest BCUT2D eigenvalue weighted by Crippen LogP contribution is 2.31. The van der Waals surface area contributed by atoms with Crippen LogP contribution >= 0.6 is 0 Å². The van der Waals surface area contributed by atoms with Crippen molar-refractivity contribution in [3.63, 3.8) is 0 Å². The maximum Gasteiger partial charge on any atom is 0.0480 e. The molecule has 3 rings (SSSR count). The Morgan fingerprint density at radius 1 is 0.842 bits per heavy atom. The van der Waals surface area contributed by atoms with Gasteiger partial charge in [-0.1, -0.05) is 19.3 Å². The Balaban J connectivity index is 1.56. The molecule has 3 heteroatoms. The van der Waals surface area contributed by atoms with Gasteiger partial charge in [-0.2, -0.15) is 0 Å². The van der Waals surface area contributed by atoms with E-state index in [1.54, 1.807) is 0 Å². The van der Waals surface area contributed by atoms with E-state index < -0.39 is 0 Å². The van der Waals surface area contributed by atoms with Crippen molar-refractivity contribution in [1.82, 2.24) is 10.6 Å². The molecule has 0 spiro atoms. The molecule has 0 bridgehead atoms. The molecule has 2 N–H and O–H groups in total. The average Bonchev–Trinajstić information content (AvgIpc) is 2.50. The first-order valence-electron chi connectivity index (χ1n) is 8.50. The van der Waals surface area contributed by atoms with Crippen LogP contribution in [0.2, 0.25) is 0 Å². The second kappa shape index (κ2) is 7.05. The van der Waals surface area contributed by atoms with Gasteiger partial charge in [0.2, 0.25) is 0 Å². The first kappa shape index (κ1) is 13.8. The third kappa shape index (κ3) is 3.71. The fourth-order valence-electron chi connectivity index (χ4n) is 4.26. The van der Waals surface area contributed by atoms with Crippen molar-refractivity contribution in [2.75, 3.05) is 19.8 Å². The topological polar surface area (TPSA) is 33.3 Å². The lowest BCUT2D eigenvalue weighted by molar-refractivity contribution is 0.0660. The fourth-order valence-corrected chi connectivity index (χ4v) is 4.26. The number of rotatable bonds is 3. The van der Waals surface area contributed by atoms with Gasteiger partial charge in [0.1, 0.15) is 0 Å². The summed E-state index contributed by atoms with van der Waals surface area (Å²) in [5.41, 5.74) is 0. The zero-order valence-corrected chi connectivity index (χ0v) is 12.2. The Kier molecular flexibility index (Phi) is 5.14. The van der Waals surface area contributed by atoms with Gasteiger partial charge >= 0.3 is 0 Å². The minimum absolute atomic E-state index is 0.711. The molecular weight excluding hydrogens is 236 g/mol. The number of piperidine rings is 1. The van der Waals surface area contributed by atoms with E-state index in [4.69, 9.17) is 4.74 Å². The Morgan fingerprint density at radius 2 is 1.63 bits per heavy atom. The highest BCUT2D eigenvalue weighted by molar-refractivity contribution is 4.92. The maximum atomic E-state index is 5.48. The lowest BCUT2D eigenvalue weighted by atomic mass is 9.77. The summed E-state index contributed by atoms with van der Waals surface area (Å²) in [4.78, 5) is 0. The lowest BCUT2D eigenvalue weighted by Gasteiger charge is -2.42. The molecule has 3 unspecified atom stereocenters. The molecule has 0 radical (unpaired) electrons. The number of hydrogen-bond acceptors (Lipinski definition) is 3. The molecule has 19 heavy (non-hydrogen) atoms. The molecule has 2 saturated heterocycles.